The zero-order valence-corrected chi connectivity index (χ0v) is 39.2. The highest BCUT2D eigenvalue weighted by atomic mass is 31.2. The number of carbonyl (C=O) groups excluding carboxylic acids is 1. The van der Waals surface area contributed by atoms with Crippen LogP contribution in [0.5, 0.6) is 0 Å². The fourth-order valence-corrected chi connectivity index (χ4v) is 7.98. The van der Waals surface area contributed by atoms with Crippen LogP contribution in [-0.4, -0.2) is 75.6 Å². The van der Waals surface area contributed by atoms with Gasteiger partial charge in [-0.3, -0.25) is 13.8 Å². The summed E-state index contributed by atoms with van der Waals surface area (Å²) >= 11 is 0. The van der Waals surface area contributed by atoms with Gasteiger partial charge >= 0.3 is 13.8 Å². The maximum absolute atomic E-state index is 13.4. The van der Waals surface area contributed by atoms with Gasteiger partial charge in [0.25, 0.3) is 0 Å². The third kappa shape index (κ3) is 40.3. The van der Waals surface area contributed by atoms with Crippen molar-refractivity contribution in [2.75, 3.05) is 54.1 Å². The van der Waals surface area contributed by atoms with E-state index >= 15 is 0 Å². The van der Waals surface area contributed by atoms with Gasteiger partial charge in [0, 0.05) is 6.61 Å². The average Bonchev–Trinajstić information content (AvgIpc) is 3.15. The second-order valence-corrected chi connectivity index (χ2v) is 19.4. The lowest BCUT2D eigenvalue weighted by Gasteiger charge is -2.24. The van der Waals surface area contributed by atoms with Crippen molar-refractivity contribution in [3.8, 4) is 0 Å². The van der Waals surface area contributed by atoms with Crippen molar-refractivity contribution in [2.24, 2.45) is 5.92 Å². The van der Waals surface area contributed by atoms with Crippen LogP contribution in [-0.2, 0) is 27.9 Å². The number of rotatable bonds is 45. The molecule has 0 fully saturated rings. The normalized spacial score (nSPS) is 14.2. The fraction of sp³-hybridized carbons (Fsp3) is 0.979. The van der Waals surface area contributed by atoms with Gasteiger partial charge in [-0.05, 0) is 19.3 Å². The number of hydrogen-bond acceptors (Lipinski definition) is 6. The molecule has 0 amide bonds. The van der Waals surface area contributed by atoms with Gasteiger partial charge in [-0.2, -0.15) is 0 Å². The molecule has 9 heteroatoms. The average molecular weight is 819 g/mol. The number of esters is 1. The van der Waals surface area contributed by atoms with E-state index in [2.05, 4.69) is 20.8 Å². The predicted octanol–water partition coefficient (Wildman–Crippen LogP) is 14.3. The van der Waals surface area contributed by atoms with E-state index in [1.165, 1.54) is 154 Å². The van der Waals surface area contributed by atoms with Gasteiger partial charge in [-0.25, -0.2) is 4.57 Å². The van der Waals surface area contributed by atoms with Crippen molar-refractivity contribution in [3.63, 3.8) is 0 Å². The Kier molecular flexibility index (Phi) is 39.6. The second-order valence-electron chi connectivity index (χ2n) is 17.9. The number of ether oxygens (including phenoxy) is 2. The van der Waals surface area contributed by atoms with Crippen LogP contribution < -0.4 is 0 Å². The van der Waals surface area contributed by atoms with E-state index in [0.29, 0.717) is 17.6 Å². The van der Waals surface area contributed by atoms with Crippen LogP contribution in [0.25, 0.3) is 0 Å². The summed E-state index contributed by atoms with van der Waals surface area (Å²) in [6.45, 7) is 7.77. The lowest BCUT2D eigenvalue weighted by molar-refractivity contribution is -0.870. The number of phosphoric acid groups is 1. The van der Waals surface area contributed by atoms with E-state index in [4.69, 9.17) is 18.5 Å². The molecule has 0 aromatic heterocycles. The highest BCUT2D eigenvalue weighted by Gasteiger charge is 2.27. The molecule has 0 aromatic carbocycles. The third-order valence-electron chi connectivity index (χ3n) is 11.1. The van der Waals surface area contributed by atoms with Crippen LogP contribution in [0.1, 0.15) is 233 Å². The summed E-state index contributed by atoms with van der Waals surface area (Å²) in [5.41, 5.74) is 0. The molecule has 0 aliphatic rings. The van der Waals surface area contributed by atoms with E-state index in [1.54, 1.807) is 0 Å². The van der Waals surface area contributed by atoms with Crippen molar-refractivity contribution in [2.45, 2.75) is 239 Å². The quantitative estimate of drug-likeness (QED) is 0.0283. The number of quaternary nitrogens is 1. The smallest absolute Gasteiger partial charge is 0.463 e. The van der Waals surface area contributed by atoms with Gasteiger partial charge in [0.1, 0.15) is 25.9 Å². The highest BCUT2D eigenvalue weighted by molar-refractivity contribution is 7.47. The summed E-state index contributed by atoms with van der Waals surface area (Å²) in [6.07, 6.45) is 40.8. The van der Waals surface area contributed by atoms with Crippen LogP contribution in [0.4, 0.5) is 0 Å². The molecule has 0 aromatic rings. The minimum atomic E-state index is -4.26. The highest BCUT2D eigenvalue weighted by Crippen LogP contribution is 2.43. The molecule has 0 bridgehead atoms. The Morgan fingerprint density at radius 1 is 0.500 bits per heavy atom. The number of hydrogen-bond donors (Lipinski definition) is 1. The summed E-state index contributed by atoms with van der Waals surface area (Å²) in [4.78, 5) is 23.8. The van der Waals surface area contributed by atoms with Gasteiger partial charge in [-0.15, -0.1) is 0 Å². The Morgan fingerprint density at radius 2 is 0.857 bits per heavy atom. The monoisotopic (exact) mass is 819 g/mol. The molecule has 0 rings (SSSR count). The Hall–Kier alpha value is -0.500. The Morgan fingerprint density at radius 3 is 1.27 bits per heavy atom. The fourth-order valence-electron chi connectivity index (χ4n) is 7.23. The van der Waals surface area contributed by atoms with E-state index in [1.807, 2.05) is 21.1 Å². The molecule has 0 aliphatic carbocycles. The molecule has 0 aliphatic heterocycles. The Bertz CT molecular complexity index is 883. The minimum Gasteiger partial charge on any atom is -0.463 e. The van der Waals surface area contributed by atoms with E-state index in [0.717, 1.165) is 57.8 Å². The topological polar surface area (TPSA) is 91.3 Å². The Balaban J connectivity index is 4.68. The first kappa shape index (κ1) is 55.5. The molecule has 56 heavy (non-hydrogen) atoms. The Labute approximate surface area is 348 Å². The molecular formula is C47H97NO7P+. The summed E-state index contributed by atoms with van der Waals surface area (Å²) in [6, 6.07) is 0. The molecule has 0 heterocycles. The zero-order chi connectivity index (χ0) is 41.4. The van der Waals surface area contributed by atoms with Gasteiger partial charge in [0.15, 0.2) is 0 Å². The largest absolute Gasteiger partial charge is 0.472 e. The van der Waals surface area contributed by atoms with Crippen molar-refractivity contribution < 1.29 is 37.3 Å². The molecule has 2 unspecified atom stereocenters. The maximum atomic E-state index is 13.4. The summed E-state index contributed by atoms with van der Waals surface area (Å²) in [5, 5.41) is 0. The number of phosphoric ester groups is 1. The maximum Gasteiger partial charge on any atom is 0.472 e. The predicted molar refractivity (Wildman–Crippen MR) is 238 cm³/mol. The van der Waals surface area contributed by atoms with E-state index < -0.39 is 13.9 Å². The first-order chi connectivity index (χ1) is 27.0. The van der Waals surface area contributed by atoms with E-state index in [-0.39, 0.29) is 31.7 Å². The van der Waals surface area contributed by atoms with Crippen LogP contribution in [0.3, 0.4) is 0 Å². The number of likely N-dealkylation sites (N-methyl/N-ethyl adjacent to an activating group) is 1. The van der Waals surface area contributed by atoms with Gasteiger partial charge < -0.3 is 18.9 Å². The first-order valence-electron chi connectivity index (χ1n) is 24.2. The molecule has 0 saturated carbocycles. The summed E-state index contributed by atoms with van der Waals surface area (Å²) in [5.74, 6) is -0.291. The SMILES string of the molecule is CCCCCCCCCCCCCCCCCO[C@H](COC(=O)C(CCCCC)CCCCCCCCCCCCCCC)COP(=O)(O)OCC[N+](C)(C)C. The lowest BCUT2D eigenvalue weighted by atomic mass is 9.94. The molecule has 1 N–H and O–H groups in total. The number of unbranched alkanes of at least 4 members (excludes halogenated alkanes) is 28. The standard InChI is InChI=1S/C47H96NO7P/c1-7-10-13-15-17-19-21-23-24-26-28-30-32-34-37-41-52-46(44-55-56(50,51)54-42-40-48(4,5)6)43-53-47(49)45(38-35-12-9-3)39-36-33-31-29-27-25-22-20-18-16-14-11-8-2/h45-46H,7-44H2,1-6H3/p+1/t45?,46-/m1/s1. The van der Waals surface area contributed by atoms with Crippen LogP contribution in [0.15, 0.2) is 0 Å². The molecule has 0 spiro atoms. The van der Waals surface area contributed by atoms with Crippen molar-refractivity contribution in [3.05, 3.63) is 0 Å². The number of nitrogens with zero attached hydrogens (tertiary/aromatic N) is 1. The zero-order valence-electron chi connectivity index (χ0n) is 38.3. The van der Waals surface area contributed by atoms with Gasteiger partial charge in [-0.1, -0.05) is 213 Å². The summed E-state index contributed by atoms with van der Waals surface area (Å²) < 4.78 is 35.9. The summed E-state index contributed by atoms with van der Waals surface area (Å²) in [7, 11) is 1.73. The van der Waals surface area contributed by atoms with Crippen LogP contribution in [0.2, 0.25) is 0 Å². The number of carbonyl (C=O) groups is 1. The first-order valence-corrected chi connectivity index (χ1v) is 25.7. The van der Waals surface area contributed by atoms with Crippen molar-refractivity contribution in [1.82, 2.24) is 0 Å². The van der Waals surface area contributed by atoms with E-state index in [9.17, 15) is 14.3 Å². The lowest BCUT2D eigenvalue weighted by Crippen LogP contribution is -2.37. The molecule has 0 radical (unpaired) electrons. The second kappa shape index (κ2) is 39.9. The molecule has 3 atom stereocenters. The minimum absolute atomic E-state index is 0.0132. The van der Waals surface area contributed by atoms with Crippen LogP contribution in [0, 0.1) is 5.92 Å². The van der Waals surface area contributed by atoms with Crippen molar-refractivity contribution in [1.29, 1.82) is 0 Å². The van der Waals surface area contributed by atoms with Gasteiger partial charge in [0.05, 0.1) is 33.7 Å². The van der Waals surface area contributed by atoms with Crippen LogP contribution >= 0.6 is 7.82 Å². The third-order valence-corrected chi connectivity index (χ3v) is 12.1. The molecule has 0 saturated heterocycles. The molecular weight excluding hydrogens is 721 g/mol. The molecule has 336 valence electrons. The van der Waals surface area contributed by atoms with Gasteiger partial charge in [0.2, 0.25) is 0 Å². The van der Waals surface area contributed by atoms with Crippen molar-refractivity contribution >= 4 is 13.8 Å². The molecule has 8 nitrogen and oxygen atoms in total.